The van der Waals surface area contributed by atoms with Crippen molar-refractivity contribution in [3.63, 3.8) is 0 Å². The molecule has 3 rings (SSSR count). The lowest BCUT2D eigenvalue weighted by Crippen LogP contribution is -2.44. The minimum absolute atomic E-state index is 0.0792. The first-order valence-corrected chi connectivity index (χ1v) is 15.3. The molecule has 1 N–H and O–H groups in total. The van der Waals surface area contributed by atoms with Gasteiger partial charge in [-0.1, -0.05) is 74.3 Å². The standard InChI is InChI=1S/C29H33Cl2N2O3Si/c1-29(2,3)14-13-22(19-11-12-23(30)24(31)16-19)28(36-37(5)6)33-27(34)25-21-10-8-7-9-18(21)15-20(17-32)26(25)35-4/h7-12,15-16,22,28H,13-14H2,1-6H3,(H,33,34). The number of fused-ring (bicyclic) bond motifs is 1. The molecule has 0 aliphatic rings. The summed E-state index contributed by atoms with van der Waals surface area (Å²) in [5.41, 5.74) is 1.63. The molecular weight excluding hydrogens is 523 g/mol. The normalized spacial score (nSPS) is 13.3. The molecular formula is C29H33Cl2N2O3Si. The van der Waals surface area contributed by atoms with Crippen molar-refractivity contribution >= 4 is 48.9 Å². The number of hydrogen-bond acceptors (Lipinski definition) is 4. The summed E-state index contributed by atoms with van der Waals surface area (Å²) in [4.78, 5) is 13.9. The van der Waals surface area contributed by atoms with Gasteiger partial charge in [0.1, 0.15) is 18.0 Å². The molecule has 195 valence electrons. The molecule has 0 aliphatic heterocycles. The van der Waals surface area contributed by atoms with Gasteiger partial charge in [-0.2, -0.15) is 5.26 Å². The maximum absolute atomic E-state index is 13.9. The van der Waals surface area contributed by atoms with Crippen molar-refractivity contribution in [3.8, 4) is 11.8 Å². The van der Waals surface area contributed by atoms with Crippen LogP contribution in [0.5, 0.6) is 5.75 Å². The van der Waals surface area contributed by atoms with Crippen LogP contribution in [0.1, 0.15) is 61.0 Å². The Labute approximate surface area is 231 Å². The van der Waals surface area contributed by atoms with Gasteiger partial charge in [0.05, 0.1) is 28.3 Å². The number of nitrogens with one attached hydrogen (secondary N) is 1. The number of halogens is 2. The maximum Gasteiger partial charge on any atom is 0.257 e. The highest BCUT2D eigenvalue weighted by atomic mass is 35.5. The van der Waals surface area contributed by atoms with E-state index in [-0.39, 0.29) is 23.0 Å². The quantitative estimate of drug-likeness (QED) is 0.214. The van der Waals surface area contributed by atoms with Crippen molar-refractivity contribution in [2.75, 3.05) is 7.11 Å². The third-order valence-corrected chi connectivity index (χ3v) is 7.60. The Morgan fingerprint density at radius 1 is 1.11 bits per heavy atom. The molecule has 5 nitrogen and oxygen atoms in total. The molecule has 1 amide bonds. The predicted octanol–water partition coefficient (Wildman–Crippen LogP) is 7.96. The summed E-state index contributed by atoms with van der Waals surface area (Å²) in [6, 6.07) is 16.9. The molecule has 1 radical (unpaired) electrons. The highest BCUT2D eigenvalue weighted by Crippen LogP contribution is 2.36. The number of amides is 1. The monoisotopic (exact) mass is 555 g/mol. The van der Waals surface area contributed by atoms with E-state index >= 15 is 0 Å². The van der Waals surface area contributed by atoms with Crippen molar-refractivity contribution in [2.24, 2.45) is 5.41 Å². The minimum Gasteiger partial charge on any atom is -0.495 e. The van der Waals surface area contributed by atoms with E-state index in [1.807, 2.05) is 49.5 Å². The Hall–Kier alpha value is -2.56. The molecule has 0 saturated heterocycles. The smallest absolute Gasteiger partial charge is 0.257 e. The van der Waals surface area contributed by atoms with Crippen molar-refractivity contribution < 1.29 is 14.0 Å². The van der Waals surface area contributed by atoms with Crippen LogP contribution in [0.15, 0.2) is 48.5 Å². The lowest BCUT2D eigenvalue weighted by molar-refractivity contribution is 0.0757. The van der Waals surface area contributed by atoms with Crippen LogP contribution in [0.3, 0.4) is 0 Å². The average Bonchev–Trinajstić information content (AvgIpc) is 2.83. The number of methoxy groups -OCH3 is 1. The zero-order valence-corrected chi connectivity index (χ0v) is 24.6. The molecule has 0 bridgehead atoms. The number of ether oxygens (including phenoxy) is 1. The van der Waals surface area contributed by atoms with Gasteiger partial charge in [-0.05, 0) is 65.9 Å². The number of nitrogens with zero attached hydrogens (tertiary/aromatic N) is 1. The molecule has 8 heteroatoms. The number of nitriles is 1. The second kappa shape index (κ2) is 12.3. The van der Waals surface area contributed by atoms with Crippen LogP contribution in [-0.4, -0.2) is 28.3 Å². The largest absolute Gasteiger partial charge is 0.495 e. The first-order chi connectivity index (χ1) is 17.4. The summed E-state index contributed by atoms with van der Waals surface area (Å²) in [7, 11) is 0.259. The van der Waals surface area contributed by atoms with E-state index in [0.717, 1.165) is 23.8 Å². The summed E-state index contributed by atoms with van der Waals surface area (Å²) in [5.74, 6) is -0.287. The highest BCUT2D eigenvalue weighted by molar-refractivity contribution is 6.48. The fraction of sp³-hybridized carbons (Fsp3) is 0.379. The van der Waals surface area contributed by atoms with Crippen molar-refractivity contribution in [3.05, 3.63) is 75.3 Å². The van der Waals surface area contributed by atoms with E-state index in [1.165, 1.54) is 7.11 Å². The molecule has 3 aromatic carbocycles. The predicted molar refractivity (Wildman–Crippen MR) is 153 cm³/mol. The van der Waals surface area contributed by atoms with Gasteiger partial charge in [-0.15, -0.1) is 0 Å². The topological polar surface area (TPSA) is 71.3 Å². The van der Waals surface area contributed by atoms with Gasteiger partial charge in [0.2, 0.25) is 9.04 Å². The van der Waals surface area contributed by atoms with E-state index in [9.17, 15) is 10.1 Å². The van der Waals surface area contributed by atoms with Crippen LogP contribution >= 0.6 is 23.2 Å². The van der Waals surface area contributed by atoms with Crippen LogP contribution in [0.4, 0.5) is 0 Å². The van der Waals surface area contributed by atoms with Crippen LogP contribution < -0.4 is 10.1 Å². The Bertz CT molecular complexity index is 1310. The minimum atomic E-state index is -1.21. The van der Waals surface area contributed by atoms with Crippen molar-refractivity contribution in [1.82, 2.24) is 5.32 Å². The van der Waals surface area contributed by atoms with E-state index in [4.69, 9.17) is 32.4 Å². The number of carbonyl (C=O) groups excluding carboxylic acids is 1. The van der Waals surface area contributed by atoms with Crippen molar-refractivity contribution in [1.29, 1.82) is 5.26 Å². The molecule has 2 atom stereocenters. The lowest BCUT2D eigenvalue weighted by atomic mass is 9.83. The summed E-state index contributed by atoms with van der Waals surface area (Å²) in [5, 5.41) is 15.3. The third kappa shape index (κ3) is 7.27. The summed E-state index contributed by atoms with van der Waals surface area (Å²) >= 11 is 12.6. The molecule has 3 aromatic rings. The summed E-state index contributed by atoms with van der Waals surface area (Å²) in [6.45, 7) is 10.6. The number of rotatable bonds is 9. The highest BCUT2D eigenvalue weighted by Gasteiger charge is 2.31. The Morgan fingerprint density at radius 2 is 1.81 bits per heavy atom. The lowest BCUT2D eigenvalue weighted by Gasteiger charge is -2.32. The zero-order chi connectivity index (χ0) is 27.3. The average molecular weight is 557 g/mol. The fourth-order valence-electron chi connectivity index (χ4n) is 4.34. The molecule has 0 aliphatic carbocycles. The number of carbonyl (C=O) groups is 1. The van der Waals surface area contributed by atoms with Crippen molar-refractivity contribution in [2.45, 2.75) is 58.9 Å². The first kappa shape index (κ1) is 29.0. The molecule has 2 unspecified atom stereocenters. The van der Waals surface area contributed by atoms with E-state index < -0.39 is 15.3 Å². The maximum atomic E-state index is 13.9. The van der Waals surface area contributed by atoms with Crippen LogP contribution in [0.25, 0.3) is 10.8 Å². The van der Waals surface area contributed by atoms with E-state index in [2.05, 4.69) is 32.2 Å². The first-order valence-electron chi connectivity index (χ1n) is 12.2. The van der Waals surface area contributed by atoms with Gasteiger partial charge < -0.3 is 14.5 Å². The number of benzene rings is 3. The zero-order valence-electron chi connectivity index (χ0n) is 22.1. The molecule has 0 heterocycles. The van der Waals surface area contributed by atoms with Gasteiger partial charge in [0.25, 0.3) is 5.91 Å². The van der Waals surface area contributed by atoms with Gasteiger partial charge >= 0.3 is 0 Å². The van der Waals surface area contributed by atoms with Gasteiger partial charge in [-0.3, -0.25) is 4.79 Å². The Morgan fingerprint density at radius 3 is 2.41 bits per heavy atom. The third-order valence-electron chi connectivity index (χ3n) is 6.13. The summed E-state index contributed by atoms with van der Waals surface area (Å²) in [6.07, 6.45) is 1.04. The van der Waals surface area contributed by atoms with E-state index in [1.54, 1.807) is 12.1 Å². The molecule has 0 saturated carbocycles. The molecule has 0 spiro atoms. The number of hydrogen-bond donors (Lipinski definition) is 1. The van der Waals surface area contributed by atoms with Gasteiger partial charge in [0.15, 0.2) is 0 Å². The molecule has 37 heavy (non-hydrogen) atoms. The van der Waals surface area contributed by atoms with Gasteiger partial charge in [-0.25, -0.2) is 0 Å². The second-order valence-electron chi connectivity index (χ2n) is 10.5. The Kier molecular flexibility index (Phi) is 9.66. The van der Waals surface area contributed by atoms with E-state index in [0.29, 0.717) is 26.6 Å². The Balaban J connectivity index is 2.11. The van der Waals surface area contributed by atoms with Gasteiger partial charge in [0, 0.05) is 5.92 Å². The fourth-order valence-corrected chi connectivity index (χ4v) is 5.38. The molecule has 0 fully saturated rings. The summed E-state index contributed by atoms with van der Waals surface area (Å²) < 4.78 is 12.0. The second-order valence-corrected chi connectivity index (χ2v) is 13.3. The van der Waals surface area contributed by atoms with Crippen LogP contribution in [0.2, 0.25) is 23.1 Å². The van der Waals surface area contributed by atoms with Crippen LogP contribution in [-0.2, 0) is 4.43 Å². The van der Waals surface area contributed by atoms with Crippen LogP contribution in [0, 0.1) is 16.7 Å². The SMILES string of the molecule is COc1c(C#N)cc2ccccc2c1C(=O)NC(O[Si](C)C)C(CCC(C)(C)C)c1ccc(Cl)c(Cl)c1. The molecule has 0 aromatic heterocycles.